The molecule has 1 atom stereocenters. The van der Waals surface area contributed by atoms with E-state index in [-0.39, 0.29) is 17.2 Å². The van der Waals surface area contributed by atoms with Gasteiger partial charge in [0.05, 0.1) is 4.92 Å². The van der Waals surface area contributed by atoms with Crippen molar-refractivity contribution in [1.82, 2.24) is 9.78 Å². The molecule has 1 unspecified atom stereocenters. The number of carbonyl (C=O) groups is 1. The van der Waals surface area contributed by atoms with Crippen LogP contribution in [0.2, 0.25) is 0 Å². The summed E-state index contributed by atoms with van der Waals surface area (Å²) in [6.07, 6.45) is 1.16. The monoisotopic (exact) mass is 346 g/mol. The number of amidine groups is 1. The van der Waals surface area contributed by atoms with Gasteiger partial charge in [0.15, 0.2) is 5.84 Å². The maximum Gasteiger partial charge on any atom is 0.359 e. The summed E-state index contributed by atoms with van der Waals surface area (Å²) >= 11 is 0. The third-order valence-electron chi connectivity index (χ3n) is 3.71. The van der Waals surface area contributed by atoms with Gasteiger partial charge < -0.3 is 16.3 Å². The molecule has 2 rings (SSSR count). The highest BCUT2D eigenvalue weighted by atomic mass is 16.7. The Bertz CT molecular complexity index is 858. The first-order chi connectivity index (χ1) is 11.7. The first-order valence-electron chi connectivity index (χ1n) is 7.32. The second-order valence-corrected chi connectivity index (χ2v) is 5.42. The Morgan fingerprint density at radius 1 is 1.44 bits per heavy atom. The van der Waals surface area contributed by atoms with Gasteiger partial charge in [0.25, 0.3) is 0 Å². The Morgan fingerprint density at radius 2 is 2.12 bits per heavy atom. The molecule has 0 saturated carbocycles. The molecule has 2 aromatic rings. The molecule has 0 spiro atoms. The first kappa shape index (κ1) is 17.9. The number of nitrogen functional groups attached to an aromatic ring is 1. The number of nitro groups is 1. The zero-order chi connectivity index (χ0) is 18.7. The molecule has 1 heterocycles. The number of rotatable bonds is 5. The lowest BCUT2D eigenvalue weighted by molar-refractivity contribution is -0.385. The van der Waals surface area contributed by atoms with Gasteiger partial charge in [-0.3, -0.25) is 14.8 Å². The highest BCUT2D eigenvalue weighted by molar-refractivity contribution is 5.99. The molecule has 0 aliphatic rings. The molecule has 132 valence electrons. The summed E-state index contributed by atoms with van der Waals surface area (Å²) in [5.41, 5.74) is 13.4. The minimum absolute atomic E-state index is 0.00650. The van der Waals surface area contributed by atoms with Crippen LogP contribution in [0, 0.1) is 24.0 Å². The lowest BCUT2D eigenvalue weighted by Crippen LogP contribution is -2.21. The van der Waals surface area contributed by atoms with E-state index >= 15 is 0 Å². The predicted molar refractivity (Wildman–Crippen MR) is 90.7 cm³/mol. The second kappa shape index (κ2) is 6.99. The van der Waals surface area contributed by atoms with Gasteiger partial charge in [-0.1, -0.05) is 17.3 Å². The molecule has 10 heteroatoms. The standard InChI is InChI=1S/C15H18N6O4/c1-8-11(5-4-6-12(8)16)14(17)19-25-15(22)10(3)20-7-13(21(23)24)9(2)18-20/h4-7,10H,16H2,1-3H3,(H2,17,19). The molecule has 25 heavy (non-hydrogen) atoms. The number of hydrogen-bond donors (Lipinski definition) is 2. The maximum absolute atomic E-state index is 12.1. The summed E-state index contributed by atoms with van der Waals surface area (Å²) in [6, 6.07) is 4.21. The van der Waals surface area contributed by atoms with Crippen molar-refractivity contribution in [3.8, 4) is 0 Å². The summed E-state index contributed by atoms with van der Waals surface area (Å²) in [6.45, 7) is 4.73. The SMILES string of the molecule is Cc1nn(C(C)C(=O)O/N=C(\N)c2cccc(N)c2C)cc1[N+](=O)[O-]. The van der Waals surface area contributed by atoms with E-state index in [4.69, 9.17) is 16.3 Å². The molecule has 4 N–H and O–H groups in total. The van der Waals surface area contributed by atoms with Gasteiger partial charge in [0.2, 0.25) is 0 Å². The van der Waals surface area contributed by atoms with Crippen LogP contribution in [0.25, 0.3) is 0 Å². The number of benzene rings is 1. The molecule has 0 bridgehead atoms. The van der Waals surface area contributed by atoms with Crippen molar-refractivity contribution in [2.24, 2.45) is 10.9 Å². The van der Waals surface area contributed by atoms with Crippen LogP contribution < -0.4 is 11.5 Å². The summed E-state index contributed by atoms with van der Waals surface area (Å²) in [7, 11) is 0. The number of nitrogens with zero attached hydrogens (tertiary/aromatic N) is 4. The Labute approximate surface area is 143 Å². The first-order valence-corrected chi connectivity index (χ1v) is 7.32. The van der Waals surface area contributed by atoms with Gasteiger partial charge in [-0.25, -0.2) is 4.79 Å². The Morgan fingerprint density at radius 3 is 2.72 bits per heavy atom. The van der Waals surface area contributed by atoms with Gasteiger partial charge in [-0.05, 0) is 32.4 Å². The molecule has 0 amide bonds. The van der Waals surface area contributed by atoms with Crippen molar-refractivity contribution in [2.75, 3.05) is 5.73 Å². The third kappa shape index (κ3) is 3.74. The zero-order valence-corrected chi connectivity index (χ0v) is 14.0. The van der Waals surface area contributed by atoms with Crippen LogP contribution in [-0.2, 0) is 9.63 Å². The fourth-order valence-corrected chi connectivity index (χ4v) is 2.11. The van der Waals surface area contributed by atoms with Gasteiger partial charge in [0.1, 0.15) is 17.9 Å². The van der Waals surface area contributed by atoms with Gasteiger partial charge in [-0.15, -0.1) is 0 Å². The van der Waals surface area contributed by atoms with E-state index in [1.807, 2.05) is 0 Å². The molecular weight excluding hydrogens is 328 g/mol. The largest absolute Gasteiger partial charge is 0.398 e. The summed E-state index contributed by atoms with van der Waals surface area (Å²) in [4.78, 5) is 27.2. The molecule has 0 aliphatic carbocycles. The number of oxime groups is 1. The summed E-state index contributed by atoms with van der Waals surface area (Å²) in [5.74, 6) is -0.769. The van der Waals surface area contributed by atoms with Crippen molar-refractivity contribution in [1.29, 1.82) is 0 Å². The maximum atomic E-state index is 12.1. The normalized spacial score (nSPS) is 12.7. The number of anilines is 1. The van der Waals surface area contributed by atoms with Crippen LogP contribution in [0.15, 0.2) is 29.6 Å². The molecular formula is C15H18N6O4. The Kier molecular flexibility index (Phi) is 5.01. The quantitative estimate of drug-likeness (QED) is 0.207. The van der Waals surface area contributed by atoms with Gasteiger partial charge in [-0.2, -0.15) is 5.10 Å². The van der Waals surface area contributed by atoms with E-state index < -0.39 is 16.9 Å². The number of aromatic nitrogens is 2. The molecule has 0 fully saturated rings. The highest BCUT2D eigenvalue weighted by Gasteiger charge is 2.23. The van der Waals surface area contributed by atoms with E-state index in [9.17, 15) is 14.9 Å². The predicted octanol–water partition coefficient (Wildman–Crippen LogP) is 1.42. The highest BCUT2D eigenvalue weighted by Crippen LogP contribution is 2.19. The Balaban J connectivity index is 2.14. The van der Waals surface area contributed by atoms with Gasteiger partial charge >= 0.3 is 11.7 Å². The third-order valence-corrected chi connectivity index (χ3v) is 3.71. The minimum atomic E-state index is -0.911. The number of hydrogen-bond acceptors (Lipinski definition) is 7. The average molecular weight is 346 g/mol. The molecule has 10 nitrogen and oxygen atoms in total. The Hall–Kier alpha value is -3.43. The van der Waals surface area contributed by atoms with Crippen molar-refractivity contribution in [2.45, 2.75) is 26.8 Å². The molecule has 1 aromatic heterocycles. The summed E-state index contributed by atoms with van der Waals surface area (Å²) in [5, 5.41) is 18.4. The topological polar surface area (TPSA) is 152 Å². The van der Waals surface area contributed by atoms with E-state index in [0.717, 1.165) is 10.9 Å². The van der Waals surface area contributed by atoms with Crippen LogP contribution >= 0.6 is 0 Å². The fraction of sp³-hybridized carbons (Fsp3) is 0.267. The van der Waals surface area contributed by atoms with Crippen molar-refractivity contribution < 1.29 is 14.6 Å². The van der Waals surface area contributed by atoms with Crippen LogP contribution in [0.4, 0.5) is 11.4 Å². The smallest absolute Gasteiger partial charge is 0.359 e. The molecule has 0 radical (unpaired) electrons. The molecule has 1 aromatic carbocycles. The number of aryl methyl sites for hydroxylation is 1. The van der Waals surface area contributed by atoms with Crippen molar-refractivity contribution in [3.05, 3.63) is 51.3 Å². The molecule has 0 aliphatic heterocycles. The van der Waals surface area contributed by atoms with E-state index in [0.29, 0.717) is 16.8 Å². The van der Waals surface area contributed by atoms with Crippen molar-refractivity contribution in [3.63, 3.8) is 0 Å². The lowest BCUT2D eigenvalue weighted by atomic mass is 10.1. The van der Waals surface area contributed by atoms with Crippen LogP contribution in [-0.4, -0.2) is 26.5 Å². The van der Waals surface area contributed by atoms with Crippen molar-refractivity contribution >= 4 is 23.2 Å². The fourth-order valence-electron chi connectivity index (χ4n) is 2.11. The van der Waals surface area contributed by atoms with E-state index in [2.05, 4.69) is 10.3 Å². The second-order valence-electron chi connectivity index (χ2n) is 5.42. The van der Waals surface area contributed by atoms with Crippen LogP contribution in [0.3, 0.4) is 0 Å². The minimum Gasteiger partial charge on any atom is -0.398 e. The number of nitrogens with two attached hydrogens (primary N) is 2. The van der Waals surface area contributed by atoms with Crippen LogP contribution in [0.1, 0.15) is 29.8 Å². The number of carbonyl (C=O) groups excluding carboxylic acids is 1. The molecule has 0 saturated heterocycles. The summed E-state index contributed by atoms with van der Waals surface area (Å²) < 4.78 is 1.15. The van der Waals surface area contributed by atoms with E-state index in [1.54, 1.807) is 25.1 Å². The average Bonchev–Trinajstić information content (AvgIpc) is 2.96. The van der Waals surface area contributed by atoms with Gasteiger partial charge in [0, 0.05) is 11.3 Å². The van der Waals surface area contributed by atoms with E-state index in [1.165, 1.54) is 13.8 Å². The zero-order valence-electron chi connectivity index (χ0n) is 14.0. The lowest BCUT2D eigenvalue weighted by Gasteiger charge is -2.09. The van der Waals surface area contributed by atoms with Crippen LogP contribution in [0.5, 0.6) is 0 Å².